The van der Waals surface area contributed by atoms with Gasteiger partial charge in [-0.15, -0.1) is 0 Å². The molecule has 5 nitrogen and oxygen atoms in total. The van der Waals surface area contributed by atoms with Gasteiger partial charge in [0.1, 0.15) is 5.41 Å². The van der Waals surface area contributed by atoms with Crippen LogP contribution in [0.15, 0.2) is 11.8 Å². The van der Waals surface area contributed by atoms with Crippen LogP contribution in [0.4, 0.5) is 0 Å². The third kappa shape index (κ3) is 2.65. The van der Waals surface area contributed by atoms with E-state index in [9.17, 15) is 9.59 Å². The van der Waals surface area contributed by atoms with Gasteiger partial charge in [-0.2, -0.15) is 0 Å². The highest BCUT2D eigenvalue weighted by Crippen LogP contribution is 2.33. The summed E-state index contributed by atoms with van der Waals surface area (Å²) in [5.41, 5.74) is -0.103. The van der Waals surface area contributed by atoms with Crippen LogP contribution in [0, 0.1) is 5.41 Å². The molecule has 0 aromatic carbocycles. The van der Waals surface area contributed by atoms with Crippen molar-refractivity contribution < 1.29 is 9.59 Å². The molecule has 0 aromatic rings. The van der Waals surface area contributed by atoms with Crippen LogP contribution in [0.25, 0.3) is 0 Å². The van der Waals surface area contributed by atoms with Crippen LogP contribution >= 0.6 is 0 Å². The van der Waals surface area contributed by atoms with Crippen molar-refractivity contribution in [1.29, 1.82) is 0 Å². The Morgan fingerprint density at radius 3 is 2.30 bits per heavy atom. The van der Waals surface area contributed by atoms with Crippen molar-refractivity contribution in [1.82, 2.24) is 15.1 Å². The van der Waals surface area contributed by atoms with Crippen molar-refractivity contribution >= 4 is 11.7 Å². The van der Waals surface area contributed by atoms with E-state index in [4.69, 9.17) is 0 Å². The van der Waals surface area contributed by atoms with E-state index in [1.54, 1.807) is 6.20 Å². The maximum Gasteiger partial charge on any atom is 0.237 e. The van der Waals surface area contributed by atoms with Crippen LogP contribution < -0.4 is 5.32 Å². The molecule has 1 fully saturated rings. The van der Waals surface area contributed by atoms with E-state index in [1.165, 1.54) is 0 Å². The standard InChI is InChI=1S/C15H25N3O2/c1-4-15(5-2)13(19)12(10-16-14(15)20)11-18-8-6-17(3)7-9-18/h10H,4-9,11H2,1-3H3,(H,16,20). The first kappa shape index (κ1) is 15.2. The first-order valence-electron chi connectivity index (χ1n) is 7.49. The summed E-state index contributed by atoms with van der Waals surface area (Å²) < 4.78 is 0. The van der Waals surface area contributed by atoms with Gasteiger partial charge in [0.15, 0.2) is 5.78 Å². The second-order valence-corrected chi connectivity index (χ2v) is 5.84. The monoisotopic (exact) mass is 279 g/mol. The fourth-order valence-corrected chi connectivity index (χ4v) is 3.02. The lowest BCUT2D eigenvalue weighted by atomic mass is 9.73. The number of nitrogens with zero attached hydrogens (tertiary/aromatic N) is 2. The summed E-state index contributed by atoms with van der Waals surface area (Å²) in [5.74, 6) is -0.125. The van der Waals surface area contributed by atoms with Gasteiger partial charge in [0.25, 0.3) is 0 Å². The quantitative estimate of drug-likeness (QED) is 0.767. The van der Waals surface area contributed by atoms with E-state index >= 15 is 0 Å². The van der Waals surface area contributed by atoms with Crippen LogP contribution in [-0.4, -0.2) is 61.3 Å². The molecular weight excluding hydrogens is 254 g/mol. The van der Waals surface area contributed by atoms with Crippen LogP contribution in [-0.2, 0) is 9.59 Å². The summed E-state index contributed by atoms with van der Waals surface area (Å²) in [6.45, 7) is 8.48. The summed E-state index contributed by atoms with van der Waals surface area (Å²) in [6, 6.07) is 0. The molecule has 1 N–H and O–H groups in total. The summed E-state index contributed by atoms with van der Waals surface area (Å²) >= 11 is 0. The van der Waals surface area contributed by atoms with Crippen LogP contribution in [0.5, 0.6) is 0 Å². The number of carbonyl (C=O) groups is 2. The average molecular weight is 279 g/mol. The lowest BCUT2D eigenvalue weighted by Gasteiger charge is -2.36. The SMILES string of the molecule is CCC1(CC)C(=O)NC=C(CN2CCN(C)CC2)C1=O. The van der Waals surface area contributed by atoms with Crippen LogP contribution in [0.2, 0.25) is 0 Å². The Morgan fingerprint density at radius 1 is 1.15 bits per heavy atom. The molecule has 1 amide bonds. The Morgan fingerprint density at radius 2 is 1.75 bits per heavy atom. The average Bonchev–Trinajstić information content (AvgIpc) is 2.46. The van der Waals surface area contributed by atoms with Crippen molar-refractivity contribution in [2.75, 3.05) is 39.8 Å². The third-order valence-corrected chi connectivity index (χ3v) is 4.74. The van der Waals surface area contributed by atoms with Gasteiger partial charge < -0.3 is 10.2 Å². The fourth-order valence-electron chi connectivity index (χ4n) is 3.02. The molecule has 1 saturated heterocycles. The number of carbonyl (C=O) groups excluding carboxylic acids is 2. The lowest BCUT2D eigenvalue weighted by Crippen LogP contribution is -2.51. The number of nitrogens with one attached hydrogen (secondary N) is 1. The van der Waals surface area contributed by atoms with Gasteiger partial charge in [0, 0.05) is 44.5 Å². The minimum absolute atomic E-state index is 0.0187. The third-order valence-electron chi connectivity index (χ3n) is 4.74. The highest BCUT2D eigenvalue weighted by molar-refractivity contribution is 6.16. The minimum atomic E-state index is -0.851. The molecule has 5 heteroatoms. The van der Waals surface area contributed by atoms with Crippen molar-refractivity contribution in [3.8, 4) is 0 Å². The van der Waals surface area contributed by atoms with Gasteiger partial charge in [-0.3, -0.25) is 14.5 Å². The number of amides is 1. The Kier molecular flexibility index (Phi) is 4.60. The first-order chi connectivity index (χ1) is 9.53. The molecule has 20 heavy (non-hydrogen) atoms. The van der Waals surface area contributed by atoms with Gasteiger partial charge in [0.05, 0.1) is 0 Å². The lowest BCUT2D eigenvalue weighted by molar-refractivity contribution is -0.141. The Hall–Kier alpha value is -1.20. The molecule has 0 radical (unpaired) electrons. The zero-order chi connectivity index (χ0) is 14.8. The van der Waals surface area contributed by atoms with Crippen molar-refractivity contribution in [2.24, 2.45) is 5.41 Å². The Bertz CT molecular complexity index is 419. The number of rotatable bonds is 4. The zero-order valence-corrected chi connectivity index (χ0v) is 12.7. The van der Waals surface area contributed by atoms with E-state index in [0.29, 0.717) is 19.4 Å². The van der Waals surface area contributed by atoms with E-state index < -0.39 is 5.41 Å². The Balaban J connectivity index is 2.09. The van der Waals surface area contributed by atoms with Crippen LogP contribution in [0.3, 0.4) is 0 Å². The summed E-state index contributed by atoms with van der Waals surface area (Å²) in [6.07, 6.45) is 2.75. The predicted octanol–water partition coefficient (Wildman–Crippen LogP) is 0.623. The largest absolute Gasteiger partial charge is 0.331 e. The smallest absolute Gasteiger partial charge is 0.237 e. The summed E-state index contributed by atoms with van der Waals surface area (Å²) in [4.78, 5) is 29.3. The van der Waals surface area contributed by atoms with Gasteiger partial charge >= 0.3 is 0 Å². The normalized spacial score (nSPS) is 24.4. The number of ketones is 1. The van der Waals surface area contributed by atoms with Crippen molar-refractivity contribution in [2.45, 2.75) is 26.7 Å². The summed E-state index contributed by atoms with van der Waals surface area (Å²) in [7, 11) is 2.11. The van der Waals surface area contributed by atoms with E-state index in [0.717, 1.165) is 31.8 Å². The van der Waals surface area contributed by atoms with Crippen molar-refractivity contribution in [3.05, 3.63) is 11.8 Å². The molecule has 2 rings (SSSR count). The molecule has 0 spiro atoms. The molecule has 0 aromatic heterocycles. The second-order valence-electron chi connectivity index (χ2n) is 5.84. The highest BCUT2D eigenvalue weighted by atomic mass is 16.2. The molecular formula is C15H25N3O2. The highest BCUT2D eigenvalue weighted by Gasteiger charge is 2.45. The number of piperazine rings is 1. The topological polar surface area (TPSA) is 52.7 Å². The molecule has 0 saturated carbocycles. The molecule has 0 bridgehead atoms. The molecule has 2 heterocycles. The van der Waals surface area contributed by atoms with Gasteiger partial charge in [0.2, 0.25) is 5.91 Å². The molecule has 112 valence electrons. The Labute approximate surface area is 121 Å². The molecule has 0 unspecified atom stereocenters. The number of hydrogen-bond donors (Lipinski definition) is 1. The van der Waals surface area contributed by atoms with E-state index in [-0.39, 0.29) is 11.7 Å². The molecule has 0 aliphatic carbocycles. The number of Topliss-reactive ketones (excluding diaryl/α,β-unsaturated/α-hetero) is 1. The maximum absolute atomic E-state index is 12.7. The summed E-state index contributed by atoms with van der Waals surface area (Å²) in [5, 5.41) is 2.79. The maximum atomic E-state index is 12.7. The minimum Gasteiger partial charge on any atom is -0.331 e. The second kappa shape index (κ2) is 6.06. The van der Waals surface area contributed by atoms with Gasteiger partial charge in [-0.25, -0.2) is 0 Å². The van der Waals surface area contributed by atoms with Crippen molar-refractivity contribution in [3.63, 3.8) is 0 Å². The molecule has 2 aliphatic heterocycles. The van der Waals surface area contributed by atoms with E-state index in [2.05, 4.69) is 22.2 Å². The van der Waals surface area contributed by atoms with Gasteiger partial charge in [-0.1, -0.05) is 13.8 Å². The first-order valence-corrected chi connectivity index (χ1v) is 7.49. The van der Waals surface area contributed by atoms with E-state index in [1.807, 2.05) is 13.8 Å². The molecule has 2 aliphatic rings. The number of likely N-dealkylation sites (N-methyl/N-ethyl adjacent to an activating group) is 1. The van der Waals surface area contributed by atoms with Gasteiger partial charge in [-0.05, 0) is 19.9 Å². The zero-order valence-electron chi connectivity index (χ0n) is 12.7. The molecule has 0 atom stereocenters. The predicted molar refractivity (Wildman–Crippen MR) is 78.2 cm³/mol. The van der Waals surface area contributed by atoms with Crippen LogP contribution in [0.1, 0.15) is 26.7 Å². The fraction of sp³-hybridized carbons (Fsp3) is 0.733. The number of hydrogen-bond acceptors (Lipinski definition) is 4.